The number of carbonyl (C=O) groups excluding carboxylic acids is 1. The average Bonchev–Trinajstić information content (AvgIpc) is 3.10. The van der Waals surface area contributed by atoms with Gasteiger partial charge >= 0.3 is 0 Å². The van der Waals surface area contributed by atoms with Crippen LogP contribution in [0.25, 0.3) is 6.08 Å². The Kier molecular flexibility index (Phi) is 8.11. The third kappa shape index (κ3) is 6.07. The van der Waals surface area contributed by atoms with Crippen molar-refractivity contribution in [1.82, 2.24) is 9.80 Å². The molecule has 1 fully saturated rings. The molecular weight excluding hydrogens is 416 g/mol. The molecule has 1 aliphatic heterocycles. The second-order valence-electron chi connectivity index (χ2n) is 8.67. The van der Waals surface area contributed by atoms with E-state index in [1.54, 1.807) is 11.3 Å². The Bertz CT molecular complexity index is 968. The van der Waals surface area contributed by atoms with E-state index in [0.717, 1.165) is 57.0 Å². The van der Waals surface area contributed by atoms with Crippen LogP contribution < -0.4 is 5.32 Å². The van der Waals surface area contributed by atoms with Crippen molar-refractivity contribution in [1.29, 1.82) is 5.26 Å². The molecule has 168 valence electrons. The number of aryl methyl sites for hydroxylation is 1. The van der Waals surface area contributed by atoms with E-state index in [1.165, 1.54) is 35.3 Å². The summed E-state index contributed by atoms with van der Waals surface area (Å²) in [6.07, 6.45) is 11.2. The molecule has 0 spiro atoms. The summed E-state index contributed by atoms with van der Waals surface area (Å²) in [4.78, 5) is 18.7. The van der Waals surface area contributed by atoms with Gasteiger partial charge in [-0.1, -0.05) is 55.3 Å². The van der Waals surface area contributed by atoms with Gasteiger partial charge in [-0.05, 0) is 36.8 Å². The lowest BCUT2D eigenvalue weighted by Gasteiger charge is -2.33. The molecule has 5 nitrogen and oxygen atoms in total. The summed E-state index contributed by atoms with van der Waals surface area (Å²) in [5.74, 6) is -0.00635. The minimum absolute atomic E-state index is 0.00635. The zero-order chi connectivity index (χ0) is 22.2. The standard InChI is InChI=1S/C26H32N4OS/c27-19-23-22-12-6-1-2-7-13-24(22)32-26(23)28-25(31)20-30-17-15-29(16-18-30)14-8-11-21-9-4-3-5-10-21/h3-5,8-11H,1-2,6-7,12-18,20H2,(H,28,31)/b11-8+. The number of amides is 1. The molecule has 1 aromatic heterocycles. The number of thiophene rings is 1. The molecule has 0 bridgehead atoms. The lowest BCUT2D eigenvalue weighted by atomic mass is 9.97. The fraction of sp³-hybridized carbons (Fsp3) is 0.462. The first kappa shape index (κ1) is 22.7. The number of nitrogens with zero attached hydrogens (tertiary/aromatic N) is 3. The normalized spacial score (nSPS) is 18.0. The minimum Gasteiger partial charge on any atom is -0.315 e. The van der Waals surface area contributed by atoms with Gasteiger partial charge in [-0.2, -0.15) is 5.26 Å². The Labute approximate surface area is 195 Å². The van der Waals surface area contributed by atoms with E-state index in [1.807, 2.05) is 6.07 Å². The fourth-order valence-electron chi connectivity index (χ4n) is 4.53. The number of hydrogen-bond donors (Lipinski definition) is 1. The van der Waals surface area contributed by atoms with Crippen LogP contribution in [0.2, 0.25) is 0 Å². The second-order valence-corrected chi connectivity index (χ2v) is 9.78. The van der Waals surface area contributed by atoms with Crippen LogP contribution in [-0.4, -0.2) is 55.0 Å². The quantitative estimate of drug-likeness (QED) is 0.704. The lowest BCUT2D eigenvalue weighted by molar-refractivity contribution is -0.117. The van der Waals surface area contributed by atoms with Crippen molar-refractivity contribution in [3.63, 3.8) is 0 Å². The van der Waals surface area contributed by atoms with Crippen molar-refractivity contribution in [2.24, 2.45) is 0 Å². The van der Waals surface area contributed by atoms with E-state index in [9.17, 15) is 10.1 Å². The highest BCUT2D eigenvalue weighted by atomic mass is 32.1. The predicted octanol–water partition coefficient (Wildman–Crippen LogP) is 4.55. The SMILES string of the molecule is N#Cc1c(NC(=O)CN2CCN(C/C=C/c3ccccc3)CC2)sc2c1CCCCCC2. The summed E-state index contributed by atoms with van der Waals surface area (Å²) in [5.41, 5.74) is 3.11. The van der Waals surface area contributed by atoms with Crippen LogP contribution in [0.4, 0.5) is 5.00 Å². The Morgan fingerprint density at radius 2 is 1.75 bits per heavy atom. The topological polar surface area (TPSA) is 59.4 Å². The van der Waals surface area contributed by atoms with E-state index < -0.39 is 0 Å². The first-order chi connectivity index (χ1) is 15.7. The molecule has 0 saturated carbocycles. The number of rotatable bonds is 6. The number of fused-ring (bicyclic) bond motifs is 1. The van der Waals surface area contributed by atoms with Crippen molar-refractivity contribution in [3.05, 3.63) is 58.0 Å². The molecule has 1 aliphatic carbocycles. The van der Waals surface area contributed by atoms with E-state index in [4.69, 9.17) is 0 Å². The van der Waals surface area contributed by atoms with Crippen LogP contribution in [0, 0.1) is 11.3 Å². The highest BCUT2D eigenvalue weighted by Gasteiger charge is 2.22. The largest absolute Gasteiger partial charge is 0.315 e. The Hall–Kier alpha value is -2.46. The Morgan fingerprint density at radius 3 is 2.50 bits per heavy atom. The lowest BCUT2D eigenvalue weighted by Crippen LogP contribution is -2.48. The number of nitrogens with one attached hydrogen (secondary N) is 1. The predicted molar refractivity (Wildman–Crippen MR) is 132 cm³/mol. The summed E-state index contributed by atoms with van der Waals surface area (Å²) in [6, 6.07) is 12.7. The van der Waals surface area contributed by atoms with Gasteiger partial charge in [0, 0.05) is 37.6 Å². The smallest absolute Gasteiger partial charge is 0.239 e. The third-order valence-corrected chi connectivity index (χ3v) is 7.55. The maximum Gasteiger partial charge on any atom is 0.239 e. The molecule has 0 unspecified atom stereocenters. The van der Waals surface area contributed by atoms with Crippen molar-refractivity contribution in [2.75, 3.05) is 44.6 Å². The molecule has 32 heavy (non-hydrogen) atoms. The summed E-state index contributed by atoms with van der Waals surface area (Å²) in [7, 11) is 0. The van der Waals surface area contributed by atoms with E-state index in [0.29, 0.717) is 12.1 Å². The first-order valence-electron chi connectivity index (χ1n) is 11.7. The molecule has 1 saturated heterocycles. The van der Waals surface area contributed by atoms with Crippen LogP contribution in [0.5, 0.6) is 0 Å². The molecule has 1 aromatic carbocycles. The number of anilines is 1. The van der Waals surface area contributed by atoms with Crippen molar-refractivity contribution < 1.29 is 4.79 Å². The van der Waals surface area contributed by atoms with Crippen LogP contribution in [0.15, 0.2) is 36.4 Å². The first-order valence-corrected chi connectivity index (χ1v) is 12.6. The third-order valence-electron chi connectivity index (χ3n) is 6.34. The molecule has 2 heterocycles. The highest BCUT2D eigenvalue weighted by molar-refractivity contribution is 7.16. The molecule has 2 aromatic rings. The van der Waals surface area contributed by atoms with Crippen molar-refractivity contribution in [2.45, 2.75) is 38.5 Å². The summed E-state index contributed by atoms with van der Waals surface area (Å²) in [6.45, 7) is 5.02. The van der Waals surface area contributed by atoms with Gasteiger partial charge in [-0.15, -0.1) is 11.3 Å². The van der Waals surface area contributed by atoms with Crippen LogP contribution in [0.1, 0.15) is 47.3 Å². The van der Waals surface area contributed by atoms with Crippen molar-refractivity contribution >= 4 is 28.3 Å². The molecule has 2 aliphatic rings. The zero-order valence-corrected chi connectivity index (χ0v) is 19.5. The van der Waals surface area contributed by atoms with Gasteiger partial charge in [-0.25, -0.2) is 0 Å². The maximum absolute atomic E-state index is 12.7. The van der Waals surface area contributed by atoms with Gasteiger partial charge in [0.05, 0.1) is 12.1 Å². The van der Waals surface area contributed by atoms with Crippen LogP contribution in [0.3, 0.4) is 0 Å². The van der Waals surface area contributed by atoms with Gasteiger partial charge in [0.2, 0.25) is 5.91 Å². The van der Waals surface area contributed by atoms with Crippen LogP contribution >= 0.6 is 11.3 Å². The molecule has 0 radical (unpaired) electrons. The summed E-state index contributed by atoms with van der Waals surface area (Å²) >= 11 is 1.62. The summed E-state index contributed by atoms with van der Waals surface area (Å²) < 4.78 is 0. The van der Waals surface area contributed by atoms with Crippen LogP contribution in [-0.2, 0) is 17.6 Å². The molecule has 6 heteroatoms. The van der Waals surface area contributed by atoms with Gasteiger partial charge in [-0.3, -0.25) is 14.6 Å². The van der Waals surface area contributed by atoms with E-state index in [-0.39, 0.29) is 5.91 Å². The van der Waals surface area contributed by atoms with Gasteiger partial charge in [0.1, 0.15) is 11.1 Å². The van der Waals surface area contributed by atoms with Gasteiger partial charge < -0.3 is 5.32 Å². The number of piperazine rings is 1. The summed E-state index contributed by atoms with van der Waals surface area (Å²) in [5, 5.41) is 13.5. The van der Waals surface area contributed by atoms with Crippen molar-refractivity contribution in [3.8, 4) is 6.07 Å². The molecule has 1 amide bonds. The minimum atomic E-state index is -0.00635. The molecule has 0 atom stereocenters. The second kappa shape index (κ2) is 11.4. The van der Waals surface area contributed by atoms with Gasteiger partial charge in [0.25, 0.3) is 0 Å². The van der Waals surface area contributed by atoms with E-state index >= 15 is 0 Å². The Balaban J connectivity index is 1.25. The average molecular weight is 449 g/mol. The zero-order valence-electron chi connectivity index (χ0n) is 18.7. The fourth-order valence-corrected chi connectivity index (χ4v) is 5.78. The molecular formula is C26H32N4OS. The van der Waals surface area contributed by atoms with E-state index in [2.05, 4.69) is 57.6 Å². The molecule has 4 rings (SSSR count). The number of carbonyl (C=O) groups is 1. The highest BCUT2D eigenvalue weighted by Crippen LogP contribution is 2.36. The Morgan fingerprint density at radius 1 is 1.03 bits per heavy atom. The monoisotopic (exact) mass is 448 g/mol. The number of hydrogen-bond acceptors (Lipinski definition) is 5. The maximum atomic E-state index is 12.7. The molecule has 1 N–H and O–H groups in total. The number of nitriles is 1. The van der Waals surface area contributed by atoms with Gasteiger partial charge in [0.15, 0.2) is 0 Å². The number of benzene rings is 1.